The summed E-state index contributed by atoms with van der Waals surface area (Å²) in [5.41, 5.74) is 6.14. The zero-order chi connectivity index (χ0) is 19.8. The van der Waals surface area contributed by atoms with E-state index >= 15 is 0 Å². The van der Waals surface area contributed by atoms with Crippen LogP contribution in [0.2, 0.25) is 5.02 Å². The van der Waals surface area contributed by atoms with Crippen molar-refractivity contribution in [2.75, 3.05) is 0 Å². The van der Waals surface area contributed by atoms with E-state index in [2.05, 4.69) is 20.7 Å². The first kappa shape index (κ1) is 20.3. The highest BCUT2D eigenvalue weighted by atomic mass is 35.5. The highest BCUT2D eigenvalue weighted by Gasteiger charge is 2.05. The molecule has 1 heterocycles. The van der Waals surface area contributed by atoms with Gasteiger partial charge in [0, 0.05) is 17.0 Å². The molecule has 0 bridgehead atoms. The van der Waals surface area contributed by atoms with Gasteiger partial charge >= 0.3 is 0 Å². The van der Waals surface area contributed by atoms with Crippen LogP contribution in [0, 0.1) is 12.7 Å². The molecule has 0 aliphatic carbocycles. The summed E-state index contributed by atoms with van der Waals surface area (Å²) >= 11 is 7.40. The number of nitrogens with zero attached hydrogens (tertiary/aromatic N) is 3. The van der Waals surface area contributed by atoms with Crippen LogP contribution in [0.15, 0.2) is 59.9 Å². The predicted molar refractivity (Wildman–Crippen MR) is 109 cm³/mol. The van der Waals surface area contributed by atoms with Gasteiger partial charge in [-0.1, -0.05) is 47.6 Å². The zero-order valence-corrected chi connectivity index (χ0v) is 16.7. The molecule has 0 aliphatic heterocycles. The van der Waals surface area contributed by atoms with Gasteiger partial charge in [0.2, 0.25) is 5.16 Å². The maximum Gasteiger partial charge on any atom is 0.209 e. The van der Waals surface area contributed by atoms with E-state index < -0.39 is 0 Å². The van der Waals surface area contributed by atoms with Crippen LogP contribution in [-0.4, -0.2) is 15.2 Å². The molecule has 5 nitrogen and oxygen atoms in total. The van der Waals surface area contributed by atoms with Crippen molar-refractivity contribution >= 4 is 29.4 Å². The first-order chi connectivity index (χ1) is 13.6. The zero-order valence-electron chi connectivity index (χ0n) is 15.1. The first-order valence-electron chi connectivity index (χ1n) is 8.47. The van der Waals surface area contributed by atoms with Crippen molar-refractivity contribution in [1.29, 1.82) is 0 Å². The number of nitrogens with one attached hydrogen (secondary N) is 1. The second-order valence-corrected chi connectivity index (χ2v) is 7.23. The van der Waals surface area contributed by atoms with Crippen molar-refractivity contribution in [3.05, 3.63) is 88.1 Å². The number of hydrogen-bond donors (Lipinski definition) is 1. The van der Waals surface area contributed by atoms with Gasteiger partial charge in [-0.05, 0) is 48.4 Å². The van der Waals surface area contributed by atoms with Gasteiger partial charge in [-0.25, -0.2) is 9.37 Å². The summed E-state index contributed by atoms with van der Waals surface area (Å²) < 4.78 is 12.9. The lowest BCUT2D eigenvalue weighted by Gasteiger charge is -2.04. The molecule has 0 saturated carbocycles. The Bertz CT molecular complexity index is 936. The molecule has 0 saturated heterocycles. The fraction of sp³-hybridized carbons (Fsp3) is 0.150. The summed E-state index contributed by atoms with van der Waals surface area (Å²) in [6.07, 6.45) is 3.40. The third-order valence-corrected chi connectivity index (χ3v) is 4.86. The van der Waals surface area contributed by atoms with E-state index in [9.17, 15) is 4.39 Å². The standard InChI is InChI=1S/C20H18ClFN4OS/c1-14-19(10-11-23-27-12-15-4-8-18(22)9-5-15)24-20(26-25-14)28-13-16-2-6-17(21)7-3-16/h2-11,23H,12-13H2,1H3/b11-10+. The monoisotopic (exact) mass is 416 g/mol. The van der Waals surface area contributed by atoms with Gasteiger partial charge in [0.15, 0.2) is 0 Å². The lowest BCUT2D eigenvalue weighted by molar-refractivity contribution is 0.0581. The molecule has 0 aliphatic rings. The molecule has 1 N–H and O–H groups in total. The van der Waals surface area contributed by atoms with Crippen LogP contribution < -0.4 is 5.48 Å². The minimum Gasteiger partial charge on any atom is -0.274 e. The smallest absolute Gasteiger partial charge is 0.209 e. The second kappa shape index (κ2) is 10.2. The molecule has 3 rings (SSSR count). The van der Waals surface area contributed by atoms with Crippen molar-refractivity contribution in [2.24, 2.45) is 0 Å². The molecule has 3 aromatic rings. The number of rotatable bonds is 8. The Balaban J connectivity index is 1.51. The summed E-state index contributed by atoms with van der Waals surface area (Å²) in [6.45, 7) is 2.15. The number of aromatic nitrogens is 3. The van der Waals surface area contributed by atoms with Crippen molar-refractivity contribution < 1.29 is 9.23 Å². The van der Waals surface area contributed by atoms with Crippen LogP contribution >= 0.6 is 23.4 Å². The normalized spacial score (nSPS) is 11.1. The lowest BCUT2D eigenvalue weighted by Crippen LogP contribution is -2.06. The van der Waals surface area contributed by atoms with Crippen molar-refractivity contribution in [2.45, 2.75) is 24.4 Å². The predicted octanol–water partition coefficient (Wildman–Crippen LogP) is 4.96. The first-order valence-corrected chi connectivity index (χ1v) is 9.83. The van der Waals surface area contributed by atoms with E-state index in [1.54, 1.807) is 24.4 Å². The molecule has 0 spiro atoms. The van der Waals surface area contributed by atoms with Crippen LogP contribution in [0.25, 0.3) is 6.08 Å². The molecule has 0 amide bonds. The quantitative estimate of drug-likeness (QED) is 0.318. The second-order valence-electron chi connectivity index (χ2n) is 5.85. The molecule has 0 fully saturated rings. The number of hydrogen-bond acceptors (Lipinski definition) is 6. The minimum atomic E-state index is -0.270. The maximum absolute atomic E-state index is 12.9. The average Bonchev–Trinajstić information content (AvgIpc) is 2.70. The summed E-state index contributed by atoms with van der Waals surface area (Å²) in [6, 6.07) is 13.8. The molecule has 8 heteroatoms. The topological polar surface area (TPSA) is 59.9 Å². The van der Waals surface area contributed by atoms with Crippen LogP contribution in [0.4, 0.5) is 4.39 Å². The van der Waals surface area contributed by atoms with Crippen LogP contribution in [0.5, 0.6) is 0 Å². The van der Waals surface area contributed by atoms with Crippen LogP contribution in [0.3, 0.4) is 0 Å². The van der Waals surface area contributed by atoms with Crippen molar-refractivity contribution in [3.63, 3.8) is 0 Å². The number of halogens is 2. The van der Waals surface area contributed by atoms with Gasteiger partial charge in [0.1, 0.15) is 5.82 Å². The van der Waals surface area contributed by atoms with Gasteiger partial charge < -0.3 is 0 Å². The summed E-state index contributed by atoms with van der Waals surface area (Å²) in [5, 5.41) is 9.57. The Hall–Kier alpha value is -2.48. The van der Waals surface area contributed by atoms with Gasteiger partial charge in [0.05, 0.1) is 18.0 Å². The molecule has 144 valence electrons. The highest BCUT2D eigenvalue weighted by Crippen LogP contribution is 2.20. The van der Waals surface area contributed by atoms with Crippen LogP contribution in [-0.2, 0) is 17.2 Å². The van der Waals surface area contributed by atoms with E-state index in [1.165, 1.54) is 23.9 Å². The van der Waals surface area contributed by atoms with Gasteiger partial charge in [-0.15, -0.1) is 5.10 Å². The minimum absolute atomic E-state index is 0.270. The Morgan fingerprint density at radius 3 is 2.54 bits per heavy atom. The Labute approximate surface area is 172 Å². The van der Waals surface area contributed by atoms with Crippen LogP contribution in [0.1, 0.15) is 22.5 Å². The third-order valence-electron chi connectivity index (χ3n) is 3.70. The van der Waals surface area contributed by atoms with Crippen molar-refractivity contribution in [3.8, 4) is 0 Å². The molecule has 0 radical (unpaired) electrons. The number of thioether (sulfide) groups is 1. The Morgan fingerprint density at radius 2 is 1.79 bits per heavy atom. The van der Waals surface area contributed by atoms with E-state index in [0.29, 0.717) is 28.2 Å². The van der Waals surface area contributed by atoms with E-state index in [0.717, 1.165) is 16.9 Å². The van der Waals surface area contributed by atoms with Gasteiger partial charge in [-0.2, -0.15) is 5.10 Å². The summed E-state index contributed by atoms with van der Waals surface area (Å²) in [5.74, 6) is 0.456. The SMILES string of the molecule is Cc1nnc(SCc2ccc(Cl)cc2)nc1/C=C/NOCc1ccc(F)cc1. The molecular weight excluding hydrogens is 399 g/mol. The van der Waals surface area contributed by atoms with Gasteiger partial charge in [-0.3, -0.25) is 10.3 Å². The summed E-state index contributed by atoms with van der Waals surface area (Å²) in [4.78, 5) is 9.84. The summed E-state index contributed by atoms with van der Waals surface area (Å²) in [7, 11) is 0. The third kappa shape index (κ3) is 6.30. The fourth-order valence-electron chi connectivity index (χ4n) is 2.19. The number of benzene rings is 2. The number of aryl methyl sites for hydroxylation is 1. The fourth-order valence-corrected chi connectivity index (χ4v) is 3.07. The maximum atomic E-state index is 12.9. The van der Waals surface area contributed by atoms with Crippen molar-refractivity contribution in [1.82, 2.24) is 20.7 Å². The molecular formula is C20H18ClFN4OS. The number of hydroxylamine groups is 1. The average molecular weight is 417 g/mol. The highest BCUT2D eigenvalue weighted by molar-refractivity contribution is 7.98. The lowest BCUT2D eigenvalue weighted by atomic mass is 10.2. The van der Waals surface area contributed by atoms with E-state index in [1.807, 2.05) is 31.2 Å². The Kier molecular flexibility index (Phi) is 7.36. The largest absolute Gasteiger partial charge is 0.274 e. The van der Waals surface area contributed by atoms with E-state index in [-0.39, 0.29) is 5.82 Å². The van der Waals surface area contributed by atoms with E-state index in [4.69, 9.17) is 16.4 Å². The molecule has 0 unspecified atom stereocenters. The molecule has 28 heavy (non-hydrogen) atoms. The molecule has 0 atom stereocenters. The molecule has 1 aromatic heterocycles. The van der Waals surface area contributed by atoms with Gasteiger partial charge in [0.25, 0.3) is 0 Å². The Morgan fingerprint density at radius 1 is 1.07 bits per heavy atom. The molecule has 2 aromatic carbocycles.